The quantitative estimate of drug-likeness (QED) is 0.180. The van der Waals surface area contributed by atoms with Crippen LogP contribution in [0.25, 0.3) is 44.6 Å². The molecule has 0 unspecified atom stereocenters. The monoisotopic (exact) mass is 513 g/mol. The Labute approximate surface area is 230 Å². The van der Waals surface area contributed by atoms with Crippen molar-refractivity contribution in [3.8, 4) is 28.5 Å². The average molecular weight is 514 g/mol. The van der Waals surface area contributed by atoms with Crippen LogP contribution < -0.4 is 4.74 Å². The molecule has 0 amide bonds. The van der Waals surface area contributed by atoms with Crippen LogP contribution in [0.1, 0.15) is 43.7 Å². The van der Waals surface area contributed by atoms with Crippen molar-refractivity contribution in [2.24, 2.45) is 0 Å². The van der Waals surface area contributed by atoms with Crippen molar-refractivity contribution in [1.82, 2.24) is 14.1 Å². The van der Waals surface area contributed by atoms with Crippen LogP contribution in [-0.2, 0) is 0 Å². The van der Waals surface area contributed by atoms with Gasteiger partial charge in [0.2, 0.25) is 0 Å². The molecule has 0 saturated carbocycles. The third-order valence-corrected chi connectivity index (χ3v) is 7.56. The summed E-state index contributed by atoms with van der Waals surface area (Å²) in [6.45, 7) is 7.32. The molecule has 0 aliphatic rings. The van der Waals surface area contributed by atoms with Crippen LogP contribution in [0.2, 0.25) is 0 Å². The van der Waals surface area contributed by atoms with Gasteiger partial charge in [-0.1, -0.05) is 62.6 Å². The summed E-state index contributed by atoms with van der Waals surface area (Å²) in [4.78, 5) is 4.82. The van der Waals surface area contributed by atoms with Gasteiger partial charge in [-0.3, -0.25) is 4.57 Å². The van der Waals surface area contributed by atoms with E-state index in [9.17, 15) is 0 Å². The van der Waals surface area contributed by atoms with Crippen LogP contribution in [0.4, 0.5) is 0 Å². The Morgan fingerprint density at radius 2 is 1.49 bits per heavy atom. The summed E-state index contributed by atoms with van der Waals surface area (Å²) in [5.41, 5.74) is 8.18. The van der Waals surface area contributed by atoms with Crippen LogP contribution >= 0.6 is 0 Å². The number of aromatic nitrogens is 3. The number of para-hydroxylation sites is 2. The Morgan fingerprint density at radius 1 is 0.744 bits per heavy atom. The van der Waals surface area contributed by atoms with Gasteiger partial charge in [-0.15, -0.1) is 0 Å². The zero-order valence-corrected chi connectivity index (χ0v) is 23.0. The maximum atomic E-state index is 6.10. The Hall–Kier alpha value is -4.31. The van der Waals surface area contributed by atoms with Crippen molar-refractivity contribution in [1.29, 1.82) is 0 Å². The fourth-order valence-electron chi connectivity index (χ4n) is 5.76. The number of nitrogens with zero attached hydrogens (tertiary/aromatic N) is 3. The lowest BCUT2D eigenvalue weighted by Crippen LogP contribution is -2.04. The first-order valence-corrected chi connectivity index (χ1v) is 14.0. The highest BCUT2D eigenvalue weighted by Gasteiger charge is 2.17. The van der Waals surface area contributed by atoms with Crippen molar-refractivity contribution in [2.45, 2.75) is 46.5 Å². The molecular formula is C35H35N3O. The number of rotatable bonds is 9. The highest BCUT2D eigenvalue weighted by atomic mass is 16.5. The zero-order valence-electron chi connectivity index (χ0n) is 23.0. The second-order valence-electron chi connectivity index (χ2n) is 10.4. The van der Waals surface area contributed by atoms with Crippen molar-refractivity contribution >= 4 is 21.8 Å². The molecule has 196 valence electrons. The van der Waals surface area contributed by atoms with E-state index in [1.165, 1.54) is 52.2 Å². The third-order valence-electron chi connectivity index (χ3n) is 7.56. The molecule has 0 aliphatic carbocycles. The Bertz CT molecular complexity index is 1720. The van der Waals surface area contributed by atoms with Gasteiger partial charge in [-0.05, 0) is 79.9 Å². The summed E-state index contributed by atoms with van der Waals surface area (Å²) in [6, 6.07) is 30.2. The third kappa shape index (κ3) is 4.72. The fourth-order valence-corrected chi connectivity index (χ4v) is 5.76. The number of benzene rings is 4. The van der Waals surface area contributed by atoms with Gasteiger partial charge in [-0.2, -0.15) is 0 Å². The van der Waals surface area contributed by atoms with Gasteiger partial charge in [-0.25, -0.2) is 4.98 Å². The molecule has 0 fully saturated rings. The average Bonchev–Trinajstić information content (AvgIpc) is 3.56. The fraction of sp³-hybridized carbons (Fsp3) is 0.229. The highest BCUT2D eigenvalue weighted by Crippen LogP contribution is 2.36. The predicted octanol–water partition coefficient (Wildman–Crippen LogP) is 9.21. The molecule has 4 nitrogen and oxygen atoms in total. The van der Waals surface area contributed by atoms with E-state index in [0.717, 1.165) is 41.5 Å². The minimum absolute atomic E-state index is 0.769. The summed E-state index contributed by atoms with van der Waals surface area (Å²) in [6.07, 6.45) is 8.78. The minimum Gasteiger partial charge on any atom is -0.494 e. The van der Waals surface area contributed by atoms with Gasteiger partial charge < -0.3 is 9.30 Å². The first-order valence-electron chi connectivity index (χ1n) is 14.0. The number of ether oxygens (including phenoxy) is 1. The number of hydrogen-bond acceptors (Lipinski definition) is 2. The molecule has 0 bridgehead atoms. The molecule has 2 heterocycles. The number of imidazole rings is 1. The zero-order chi connectivity index (χ0) is 26.8. The lowest BCUT2D eigenvalue weighted by Gasteiger charge is -2.16. The summed E-state index contributed by atoms with van der Waals surface area (Å²) in [5.74, 6) is 1.88. The van der Waals surface area contributed by atoms with Gasteiger partial charge in [0.1, 0.15) is 11.6 Å². The SMILES string of the molecule is CCCCCCOc1cc(C)c(-n2ccnc2-c2ccc3c(c2)c2ccccc2n3-c2ccccc2)c(C)c1. The maximum Gasteiger partial charge on any atom is 0.144 e. The largest absolute Gasteiger partial charge is 0.494 e. The molecule has 0 radical (unpaired) electrons. The Kier molecular flexibility index (Phi) is 6.93. The van der Waals surface area contributed by atoms with Crippen molar-refractivity contribution in [2.75, 3.05) is 6.61 Å². The van der Waals surface area contributed by atoms with Crippen molar-refractivity contribution in [3.05, 3.63) is 108 Å². The maximum absolute atomic E-state index is 6.10. The van der Waals surface area contributed by atoms with Gasteiger partial charge in [0.15, 0.2) is 0 Å². The lowest BCUT2D eigenvalue weighted by atomic mass is 10.1. The highest BCUT2D eigenvalue weighted by molar-refractivity contribution is 6.10. The number of hydrogen-bond donors (Lipinski definition) is 0. The normalized spacial score (nSPS) is 11.5. The molecule has 6 aromatic rings. The van der Waals surface area contributed by atoms with E-state index in [-0.39, 0.29) is 0 Å². The van der Waals surface area contributed by atoms with Crippen LogP contribution in [0.15, 0.2) is 97.3 Å². The van der Waals surface area contributed by atoms with Crippen molar-refractivity contribution < 1.29 is 4.74 Å². The molecule has 0 N–H and O–H groups in total. The van der Waals surface area contributed by atoms with Crippen LogP contribution in [0, 0.1) is 13.8 Å². The molecule has 0 aliphatic heterocycles. The van der Waals surface area contributed by atoms with E-state index in [4.69, 9.17) is 9.72 Å². The Balaban J connectivity index is 1.39. The van der Waals surface area contributed by atoms with E-state index < -0.39 is 0 Å². The minimum atomic E-state index is 0.769. The standard InChI is InChI=1S/C35H35N3O/c1-4-5-6-12-21-39-29-22-25(2)34(26(3)23-29)37-20-19-36-35(37)27-17-18-33-31(24-27)30-15-10-11-16-32(30)38(33)28-13-8-7-9-14-28/h7-11,13-20,22-24H,4-6,12,21H2,1-3H3. The van der Waals surface area contributed by atoms with E-state index in [2.05, 4.69) is 121 Å². The molecule has 4 aromatic carbocycles. The second kappa shape index (κ2) is 10.8. The Morgan fingerprint density at radius 3 is 2.28 bits per heavy atom. The summed E-state index contributed by atoms with van der Waals surface area (Å²) < 4.78 is 10.7. The molecule has 6 rings (SSSR count). The number of fused-ring (bicyclic) bond motifs is 3. The first-order chi connectivity index (χ1) is 19.2. The van der Waals surface area contributed by atoms with Crippen LogP contribution in [0.3, 0.4) is 0 Å². The summed E-state index contributed by atoms with van der Waals surface area (Å²) in [5, 5.41) is 2.46. The van der Waals surface area contributed by atoms with Crippen molar-refractivity contribution in [3.63, 3.8) is 0 Å². The number of unbranched alkanes of at least 4 members (excludes halogenated alkanes) is 3. The molecule has 2 aromatic heterocycles. The van der Waals surface area contributed by atoms with E-state index in [1.54, 1.807) is 0 Å². The van der Waals surface area contributed by atoms with Crippen LogP contribution in [0.5, 0.6) is 5.75 Å². The predicted molar refractivity (Wildman–Crippen MR) is 162 cm³/mol. The molecule has 4 heteroatoms. The van der Waals surface area contributed by atoms with E-state index in [1.807, 2.05) is 6.20 Å². The first kappa shape index (κ1) is 25.0. The molecule has 0 atom stereocenters. The van der Waals surface area contributed by atoms with Gasteiger partial charge >= 0.3 is 0 Å². The molecular weight excluding hydrogens is 478 g/mol. The van der Waals surface area contributed by atoms with Crippen LogP contribution in [-0.4, -0.2) is 20.7 Å². The van der Waals surface area contributed by atoms with E-state index in [0.29, 0.717) is 0 Å². The number of aryl methyl sites for hydroxylation is 2. The molecule has 0 spiro atoms. The topological polar surface area (TPSA) is 32.0 Å². The smallest absolute Gasteiger partial charge is 0.144 e. The van der Waals surface area contributed by atoms with Gasteiger partial charge in [0.05, 0.1) is 23.3 Å². The molecule has 39 heavy (non-hydrogen) atoms. The summed E-state index contributed by atoms with van der Waals surface area (Å²) >= 11 is 0. The van der Waals surface area contributed by atoms with Gasteiger partial charge in [0.25, 0.3) is 0 Å². The van der Waals surface area contributed by atoms with Gasteiger partial charge in [0, 0.05) is 34.4 Å². The van der Waals surface area contributed by atoms with E-state index >= 15 is 0 Å². The lowest BCUT2D eigenvalue weighted by molar-refractivity contribution is 0.304. The second-order valence-corrected chi connectivity index (χ2v) is 10.4. The summed E-state index contributed by atoms with van der Waals surface area (Å²) in [7, 11) is 0. The molecule has 0 saturated heterocycles.